The van der Waals surface area contributed by atoms with E-state index in [4.69, 9.17) is 10.8 Å². The number of nitrogens with two attached hydrogens (primary N) is 1. The Hall–Kier alpha value is -1.31. The molecular formula is C13H23N3O3S. The van der Waals surface area contributed by atoms with E-state index in [0.717, 1.165) is 5.69 Å². The maximum absolute atomic E-state index is 11.7. The molecule has 20 heavy (non-hydrogen) atoms. The van der Waals surface area contributed by atoms with Crippen molar-refractivity contribution < 1.29 is 13.5 Å². The molecule has 0 aliphatic rings. The molecule has 0 aromatic heterocycles. The highest BCUT2D eigenvalue weighted by atomic mass is 32.2. The standard InChI is InChI=1S/C13H23N3O3S/c1-13(2,6-7-17)9-16-10-4-5-12(11(14)8-10)20(18,19)15-3/h4-5,8,15-17H,6-7,9,14H2,1-3H3. The zero-order valence-corrected chi connectivity index (χ0v) is 12.9. The van der Waals surface area contributed by atoms with E-state index in [1.807, 2.05) is 13.8 Å². The maximum atomic E-state index is 11.7. The Balaban J connectivity index is 2.84. The highest BCUT2D eigenvalue weighted by Crippen LogP contribution is 2.25. The monoisotopic (exact) mass is 301 g/mol. The fourth-order valence-corrected chi connectivity index (χ4v) is 2.58. The molecule has 0 unspecified atom stereocenters. The van der Waals surface area contributed by atoms with Crippen molar-refractivity contribution >= 4 is 21.4 Å². The van der Waals surface area contributed by atoms with Crippen molar-refractivity contribution in [1.29, 1.82) is 0 Å². The van der Waals surface area contributed by atoms with E-state index in [2.05, 4.69) is 10.0 Å². The summed E-state index contributed by atoms with van der Waals surface area (Å²) in [4.78, 5) is 0.0696. The molecular weight excluding hydrogens is 278 g/mol. The zero-order chi connectivity index (χ0) is 15.4. The molecule has 0 fully saturated rings. The van der Waals surface area contributed by atoms with E-state index in [1.54, 1.807) is 12.1 Å². The smallest absolute Gasteiger partial charge is 0.242 e. The van der Waals surface area contributed by atoms with Crippen LogP contribution in [0.4, 0.5) is 11.4 Å². The first kappa shape index (κ1) is 16.7. The van der Waals surface area contributed by atoms with Crippen LogP contribution < -0.4 is 15.8 Å². The van der Waals surface area contributed by atoms with Gasteiger partial charge in [0.15, 0.2) is 0 Å². The zero-order valence-electron chi connectivity index (χ0n) is 12.1. The van der Waals surface area contributed by atoms with Crippen LogP contribution in [-0.2, 0) is 10.0 Å². The molecule has 0 saturated carbocycles. The highest BCUT2D eigenvalue weighted by molar-refractivity contribution is 7.89. The third-order valence-corrected chi connectivity index (χ3v) is 4.62. The normalized spacial score (nSPS) is 12.4. The summed E-state index contributed by atoms with van der Waals surface area (Å²) in [6.45, 7) is 4.88. The van der Waals surface area contributed by atoms with Crippen molar-refractivity contribution in [3.63, 3.8) is 0 Å². The molecule has 0 aliphatic heterocycles. The van der Waals surface area contributed by atoms with Gasteiger partial charge in [0.1, 0.15) is 4.90 Å². The predicted molar refractivity (Wildman–Crippen MR) is 81.1 cm³/mol. The van der Waals surface area contributed by atoms with Gasteiger partial charge in [-0.3, -0.25) is 0 Å². The third kappa shape index (κ3) is 4.36. The van der Waals surface area contributed by atoms with Gasteiger partial charge in [-0.2, -0.15) is 0 Å². The summed E-state index contributed by atoms with van der Waals surface area (Å²) in [5.74, 6) is 0. The van der Waals surface area contributed by atoms with Gasteiger partial charge in [0.05, 0.1) is 5.69 Å². The third-order valence-electron chi connectivity index (χ3n) is 3.13. The Morgan fingerprint density at radius 1 is 1.35 bits per heavy atom. The van der Waals surface area contributed by atoms with Gasteiger partial charge in [-0.25, -0.2) is 13.1 Å². The molecule has 5 N–H and O–H groups in total. The van der Waals surface area contributed by atoms with Crippen LogP contribution in [0.25, 0.3) is 0 Å². The van der Waals surface area contributed by atoms with E-state index in [0.29, 0.717) is 13.0 Å². The van der Waals surface area contributed by atoms with E-state index >= 15 is 0 Å². The summed E-state index contributed by atoms with van der Waals surface area (Å²) in [6.07, 6.45) is 0.682. The van der Waals surface area contributed by atoms with Crippen LogP contribution in [0.2, 0.25) is 0 Å². The Kier molecular flexibility index (Phi) is 5.38. The molecule has 6 nitrogen and oxygen atoms in total. The highest BCUT2D eigenvalue weighted by Gasteiger charge is 2.18. The molecule has 0 radical (unpaired) electrons. The Morgan fingerprint density at radius 3 is 2.50 bits per heavy atom. The minimum Gasteiger partial charge on any atom is -0.398 e. The largest absolute Gasteiger partial charge is 0.398 e. The number of anilines is 2. The Morgan fingerprint density at radius 2 is 2.00 bits per heavy atom. The summed E-state index contributed by atoms with van der Waals surface area (Å²) in [6, 6.07) is 4.75. The van der Waals surface area contributed by atoms with Crippen LogP contribution in [0.3, 0.4) is 0 Å². The van der Waals surface area contributed by atoms with Crippen molar-refractivity contribution in [3.05, 3.63) is 18.2 Å². The lowest BCUT2D eigenvalue weighted by Crippen LogP contribution is -2.24. The van der Waals surface area contributed by atoms with Crippen LogP contribution in [0.5, 0.6) is 0 Å². The minimum atomic E-state index is -3.53. The van der Waals surface area contributed by atoms with Crippen LogP contribution in [0.15, 0.2) is 23.1 Å². The van der Waals surface area contributed by atoms with Gasteiger partial charge >= 0.3 is 0 Å². The molecule has 1 rings (SSSR count). The number of aliphatic hydroxyl groups is 1. The van der Waals surface area contributed by atoms with E-state index < -0.39 is 10.0 Å². The molecule has 114 valence electrons. The number of aliphatic hydroxyl groups excluding tert-OH is 1. The lowest BCUT2D eigenvalue weighted by Gasteiger charge is -2.24. The summed E-state index contributed by atoms with van der Waals surface area (Å²) in [7, 11) is -2.19. The molecule has 0 spiro atoms. The van der Waals surface area contributed by atoms with Gasteiger partial charge in [0, 0.05) is 18.8 Å². The molecule has 0 atom stereocenters. The van der Waals surface area contributed by atoms with Crippen molar-refractivity contribution in [2.45, 2.75) is 25.2 Å². The van der Waals surface area contributed by atoms with Gasteiger partial charge in [-0.05, 0) is 37.1 Å². The first-order valence-corrected chi connectivity index (χ1v) is 7.88. The first-order chi connectivity index (χ1) is 9.22. The molecule has 1 aromatic carbocycles. The van der Waals surface area contributed by atoms with E-state index in [-0.39, 0.29) is 22.6 Å². The quantitative estimate of drug-likeness (QED) is 0.562. The number of hydrogen-bond donors (Lipinski definition) is 4. The van der Waals surface area contributed by atoms with Gasteiger partial charge in [-0.15, -0.1) is 0 Å². The minimum absolute atomic E-state index is 0.0563. The lowest BCUT2D eigenvalue weighted by atomic mass is 9.89. The molecule has 0 aliphatic carbocycles. The first-order valence-electron chi connectivity index (χ1n) is 6.40. The molecule has 0 bridgehead atoms. The van der Waals surface area contributed by atoms with Gasteiger partial charge in [0.25, 0.3) is 0 Å². The molecule has 0 saturated heterocycles. The van der Waals surface area contributed by atoms with Crippen LogP contribution in [-0.4, -0.2) is 33.7 Å². The second-order valence-corrected chi connectivity index (χ2v) is 7.31. The summed E-state index contributed by atoms with van der Waals surface area (Å²) in [5.41, 5.74) is 6.68. The van der Waals surface area contributed by atoms with Crippen molar-refractivity contribution in [2.75, 3.05) is 31.2 Å². The lowest BCUT2D eigenvalue weighted by molar-refractivity contribution is 0.220. The Bertz CT molecular complexity index is 556. The SMILES string of the molecule is CNS(=O)(=O)c1ccc(NCC(C)(C)CCO)cc1N. The molecule has 7 heteroatoms. The topological polar surface area (TPSA) is 104 Å². The molecule has 0 heterocycles. The van der Waals surface area contributed by atoms with Crippen molar-refractivity contribution in [1.82, 2.24) is 4.72 Å². The van der Waals surface area contributed by atoms with Crippen LogP contribution in [0.1, 0.15) is 20.3 Å². The number of benzene rings is 1. The summed E-state index contributed by atoms with van der Waals surface area (Å²) < 4.78 is 25.6. The second kappa shape index (κ2) is 6.43. The summed E-state index contributed by atoms with van der Waals surface area (Å²) >= 11 is 0. The van der Waals surface area contributed by atoms with Gasteiger partial charge < -0.3 is 16.2 Å². The summed E-state index contributed by atoms with van der Waals surface area (Å²) in [5, 5.41) is 12.2. The number of nitrogens with one attached hydrogen (secondary N) is 2. The average Bonchev–Trinajstić information content (AvgIpc) is 2.36. The fraction of sp³-hybridized carbons (Fsp3) is 0.538. The van der Waals surface area contributed by atoms with Gasteiger partial charge in [-0.1, -0.05) is 13.8 Å². The number of sulfonamides is 1. The van der Waals surface area contributed by atoms with E-state index in [9.17, 15) is 8.42 Å². The van der Waals surface area contributed by atoms with Crippen molar-refractivity contribution in [3.8, 4) is 0 Å². The number of hydrogen-bond acceptors (Lipinski definition) is 5. The number of rotatable bonds is 7. The molecule has 1 aromatic rings. The molecule has 0 amide bonds. The number of nitrogen functional groups attached to an aromatic ring is 1. The maximum Gasteiger partial charge on any atom is 0.242 e. The van der Waals surface area contributed by atoms with Crippen molar-refractivity contribution in [2.24, 2.45) is 5.41 Å². The van der Waals surface area contributed by atoms with Gasteiger partial charge in [0.2, 0.25) is 10.0 Å². The predicted octanol–water partition coefficient (Wildman–Crippen LogP) is 0.997. The van der Waals surface area contributed by atoms with E-state index in [1.165, 1.54) is 13.1 Å². The second-order valence-electron chi connectivity index (χ2n) is 5.45. The van der Waals surface area contributed by atoms with Crippen LogP contribution >= 0.6 is 0 Å². The van der Waals surface area contributed by atoms with Crippen LogP contribution in [0, 0.1) is 5.41 Å². The average molecular weight is 301 g/mol. The fourth-order valence-electron chi connectivity index (χ4n) is 1.75. The Labute approximate surface area is 120 Å².